The van der Waals surface area contributed by atoms with Crippen LogP contribution in [-0.2, 0) is 9.59 Å². The van der Waals surface area contributed by atoms with Crippen molar-refractivity contribution in [1.29, 1.82) is 0 Å². The predicted octanol–water partition coefficient (Wildman–Crippen LogP) is 0.928. The van der Waals surface area contributed by atoms with Gasteiger partial charge in [0, 0.05) is 0 Å². The third kappa shape index (κ3) is 4.71. The Kier molecular flexibility index (Phi) is 7.01. The Morgan fingerprint density at radius 2 is 1.85 bits per heavy atom. The van der Waals surface area contributed by atoms with Crippen LogP contribution in [0, 0.1) is 17.5 Å². The van der Waals surface area contributed by atoms with E-state index in [9.17, 15) is 22.8 Å². The molecule has 112 valence electrons. The zero-order valence-electron chi connectivity index (χ0n) is 10.4. The molecule has 0 aliphatic rings. The lowest BCUT2D eigenvalue weighted by Crippen LogP contribution is -2.41. The lowest BCUT2D eigenvalue weighted by atomic mass is 10.2. The molecule has 0 fully saturated rings. The SMILES string of the molecule is CC(N)C(=O)NCC(=O)Nc1ccc(F)c(F)c1F.Cl. The molecule has 0 aliphatic carbocycles. The van der Waals surface area contributed by atoms with Crippen LogP contribution in [0.25, 0.3) is 0 Å². The van der Waals surface area contributed by atoms with Crippen molar-refractivity contribution in [3.63, 3.8) is 0 Å². The molecule has 20 heavy (non-hydrogen) atoms. The fourth-order valence-corrected chi connectivity index (χ4v) is 1.15. The third-order valence-corrected chi connectivity index (χ3v) is 2.15. The highest BCUT2D eigenvalue weighted by atomic mass is 35.5. The van der Waals surface area contributed by atoms with Crippen molar-refractivity contribution in [2.24, 2.45) is 5.73 Å². The number of halogens is 4. The van der Waals surface area contributed by atoms with Crippen molar-refractivity contribution in [2.75, 3.05) is 11.9 Å². The van der Waals surface area contributed by atoms with E-state index in [-0.39, 0.29) is 12.4 Å². The first-order valence-corrected chi connectivity index (χ1v) is 5.29. The largest absolute Gasteiger partial charge is 0.346 e. The zero-order valence-corrected chi connectivity index (χ0v) is 11.2. The van der Waals surface area contributed by atoms with Crippen molar-refractivity contribution in [3.05, 3.63) is 29.6 Å². The highest BCUT2D eigenvalue weighted by Crippen LogP contribution is 2.19. The van der Waals surface area contributed by atoms with Crippen LogP contribution in [-0.4, -0.2) is 24.4 Å². The second-order valence-electron chi connectivity index (χ2n) is 3.78. The van der Waals surface area contributed by atoms with Crippen LogP contribution in [0.15, 0.2) is 12.1 Å². The summed E-state index contributed by atoms with van der Waals surface area (Å²) in [6.07, 6.45) is 0. The van der Waals surface area contributed by atoms with Crippen LogP contribution in [0.3, 0.4) is 0 Å². The molecule has 0 radical (unpaired) electrons. The summed E-state index contributed by atoms with van der Waals surface area (Å²) in [6, 6.07) is 0.751. The van der Waals surface area contributed by atoms with Gasteiger partial charge in [-0.25, -0.2) is 13.2 Å². The topological polar surface area (TPSA) is 84.2 Å². The minimum Gasteiger partial charge on any atom is -0.346 e. The van der Waals surface area contributed by atoms with Crippen LogP contribution in [0.5, 0.6) is 0 Å². The Balaban J connectivity index is 0.00000361. The summed E-state index contributed by atoms with van der Waals surface area (Å²) in [5, 5.41) is 4.18. The van der Waals surface area contributed by atoms with E-state index < -0.39 is 47.5 Å². The van der Waals surface area contributed by atoms with Crippen molar-refractivity contribution >= 4 is 29.9 Å². The summed E-state index contributed by atoms with van der Waals surface area (Å²) in [4.78, 5) is 22.4. The predicted molar refractivity (Wildman–Crippen MR) is 68.9 cm³/mol. The molecule has 0 bridgehead atoms. The Morgan fingerprint density at radius 3 is 2.40 bits per heavy atom. The van der Waals surface area contributed by atoms with Crippen molar-refractivity contribution in [3.8, 4) is 0 Å². The molecular weight excluding hydrogens is 299 g/mol. The first-order chi connectivity index (χ1) is 8.82. The van der Waals surface area contributed by atoms with E-state index in [1.165, 1.54) is 6.92 Å². The number of benzene rings is 1. The third-order valence-electron chi connectivity index (χ3n) is 2.15. The molecule has 0 saturated heterocycles. The van der Waals surface area contributed by atoms with Gasteiger partial charge >= 0.3 is 0 Å². The molecule has 9 heteroatoms. The van der Waals surface area contributed by atoms with Gasteiger partial charge in [0.2, 0.25) is 11.8 Å². The number of rotatable bonds is 4. The summed E-state index contributed by atoms with van der Waals surface area (Å²) in [6.45, 7) is 0.959. The van der Waals surface area contributed by atoms with Gasteiger partial charge in [0.15, 0.2) is 17.5 Å². The molecule has 4 N–H and O–H groups in total. The van der Waals surface area contributed by atoms with Gasteiger partial charge in [0.05, 0.1) is 18.3 Å². The lowest BCUT2D eigenvalue weighted by Gasteiger charge is -2.09. The first kappa shape index (κ1) is 18.2. The van der Waals surface area contributed by atoms with E-state index in [1.54, 1.807) is 0 Å². The van der Waals surface area contributed by atoms with Crippen molar-refractivity contribution in [2.45, 2.75) is 13.0 Å². The fourth-order valence-electron chi connectivity index (χ4n) is 1.15. The lowest BCUT2D eigenvalue weighted by molar-refractivity contribution is -0.124. The van der Waals surface area contributed by atoms with Crippen LogP contribution in [0.2, 0.25) is 0 Å². The van der Waals surface area contributed by atoms with E-state index in [1.807, 2.05) is 5.32 Å². The molecule has 1 aromatic carbocycles. The van der Waals surface area contributed by atoms with Crippen LogP contribution >= 0.6 is 12.4 Å². The molecule has 0 spiro atoms. The minimum atomic E-state index is -1.68. The Morgan fingerprint density at radius 1 is 1.25 bits per heavy atom. The molecule has 0 aliphatic heterocycles. The summed E-state index contributed by atoms with van der Waals surface area (Å²) in [5.41, 5.74) is 4.73. The average molecular weight is 312 g/mol. The van der Waals surface area contributed by atoms with E-state index >= 15 is 0 Å². The number of amides is 2. The molecule has 1 aromatic rings. The number of nitrogens with one attached hydrogen (secondary N) is 2. The monoisotopic (exact) mass is 311 g/mol. The van der Waals surface area contributed by atoms with Gasteiger partial charge in [-0.1, -0.05) is 0 Å². The molecule has 1 unspecified atom stereocenters. The molecule has 0 saturated carbocycles. The zero-order chi connectivity index (χ0) is 14.6. The Hall–Kier alpha value is -1.80. The highest BCUT2D eigenvalue weighted by Gasteiger charge is 2.15. The standard InChI is InChI=1S/C11H12F3N3O2.ClH/c1-5(15)11(19)16-4-8(18)17-7-3-2-6(12)9(13)10(7)14;/h2-3,5H,4,15H2,1H3,(H,16,19)(H,17,18);1H. The molecule has 0 heterocycles. The van der Waals surface area contributed by atoms with Crippen LogP contribution in [0.1, 0.15) is 6.92 Å². The summed E-state index contributed by atoms with van der Waals surface area (Å²) in [7, 11) is 0. The summed E-state index contributed by atoms with van der Waals surface area (Å²) >= 11 is 0. The second kappa shape index (κ2) is 7.71. The van der Waals surface area contributed by atoms with Crippen molar-refractivity contribution in [1.82, 2.24) is 5.32 Å². The maximum atomic E-state index is 13.2. The van der Waals surface area contributed by atoms with Gasteiger partial charge in [0.25, 0.3) is 0 Å². The van der Waals surface area contributed by atoms with Gasteiger partial charge in [-0.05, 0) is 19.1 Å². The summed E-state index contributed by atoms with van der Waals surface area (Å²) in [5.74, 6) is -5.91. The van der Waals surface area contributed by atoms with E-state index in [2.05, 4.69) is 5.32 Å². The number of anilines is 1. The van der Waals surface area contributed by atoms with Crippen LogP contribution in [0.4, 0.5) is 18.9 Å². The van der Waals surface area contributed by atoms with Gasteiger partial charge in [-0.3, -0.25) is 9.59 Å². The number of carbonyl (C=O) groups excluding carboxylic acids is 2. The van der Waals surface area contributed by atoms with Gasteiger partial charge < -0.3 is 16.4 Å². The molecule has 5 nitrogen and oxygen atoms in total. The smallest absolute Gasteiger partial charge is 0.243 e. The van der Waals surface area contributed by atoms with Gasteiger partial charge in [0.1, 0.15) is 0 Å². The molecule has 1 atom stereocenters. The number of hydrogen-bond donors (Lipinski definition) is 3. The van der Waals surface area contributed by atoms with Crippen molar-refractivity contribution < 1.29 is 22.8 Å². The first-order valence-electron chi connectivity index (χ1n) is 5.29. The Labute approximate surface area is 119 Å². The van der Waals surface area contributed by atoms with Crippen LogP contribution < -0.4 is 16.4 Å². The molecule has 2 amide bonds. The second-order valence-corrected chi connectivity index (χ2v) is 3.78. The number of carbonyl (C=O) groups is 2. The van der Waals surface area contributed by atoms with E-state index in [0.29, 0.717) is 6.07 Å². The van der Waals surface area contributed by atoms with E-state index in [0.717, 1.165) is 6.07 Å². The maximum Gasteiger partial charge on any atom is 0.243 e. The number of hydrogen-bond acceptors (Lipinski definition) is 3. The maximum absolute atomic E-state index is 13.2. The highest BCUT2D eigenvalue weighted by molar-refractivity contribution is 5.95. The minimum absolute atomic E-state index is 0. The Bertz CT molecular complexity index is 512. The van der Waals surface area contributed by atoms with Gasteiger partial charge in [-0.2, -0.15) is 0 Å². The molecule has 0 aromatic heterocycles. The van der Waals surface area contributed by atoms with Gasteiger partial charge in [-0.15, -0.1) is 12.4 Å². The molecular formula is C11H13ClF3N3O2. The average Bonchev–Trinajstić information content (AvgIpc) is 2.36. The number of nitrogens with two attached hydrogens (primary N) is 1. The molecule has 1 rings (SSSR count). The fraction of sp³-hybridized carbons (Fsp3) is 0.273. The summed E-state index contributed by atoms with van der Waals surface area (Å²) < 4.78 is 38.7. The quantitative estimate of drug-likeness (QED) is 0.723. The van der Waals surface area contributed by atoms with E-state index in [4.69, 9.17) is 5.73 Å². The normalized spacial score (nSPS) is 11.2.